The third kappa shape index (κ3) is 9.62. The van der Waals surface area contributed by atoms with Gasteiger partial charge in [-0.05, 0) is 50.2 Å². The number of pyridine rings is 1. The lowest BCUT2D eigenvalue weighted by Gasteiger charge is -2.17. The number of unbranched alkanes of at least 4 members (excludes halogenated alkanes) is 5. The molecule has 1 aromatic heterocycles. The normalized spacial score (nSPS) is 14.3. The maximum atomic E-state index is 11.9. The van der Waals surface area contributed by atoms with Crippen molar-refractivity contribution in [3.8, 4) is 0 Å². The van der Waals surface area contributed by atoms with Gasteiger partial charge in [0.2, 0.25) is 10.0 Å². The second-order valence-corrected chi connectivity index (χ2v) is 9.70. The van der Waals surface area contributed by atoms with Crippen LogP contribution in [0.3, 0.4) is 0 Å². The van der Waals surface area contributed by atoms with Gasteiger partial charge in [0, 0.05) is 12.2 Å². The Balaban J connectivity index is 0.00000450. The van der Waals surface area contributed by atoms with Crippen molar-refractivity contribution in [2.45, 2.75) is 83.6 Å². The van der Waals surface area contributed by atoms with Gasteiger partial charge in [-0.15, -0.1) is 12.4 Å². The van der Waals surface area contributed by atoms with E-state index in [0.29, 0.717) is 19.3 Å². The second kappa shape index (κ2) is 13.8. The van der Waals surface area contributed by atoms with E-state index in [-0.39, 0.29) is 18.2 Å². The highest BCUT2D eigenvalue weighted by atomic mass is 35.5. The van der Waals surface area contributed by atoms with Gasteiger partial charge >= 0.3 is 5.97 Å². The summed E-state index contributed by atoms with van der Waals surface area (Å²) in [6.45, 7) is 2.90. The van der Waals surface area contributed by atoms with Crippen molar-refractivity contribution in [2.75, 3.05) is 17.6 Å². The summed E-state index contributed by atoms with van der Waals surface area (Å²) in [6, 6.07) is 3.27. The summed E-state index contributed by atoms with van der Waals surface area (Å²) < 4.78 is 26.2. The lowest BCUT2D eigenvalue weighted by molar-refractivity contribution is -0.139. The molecule has 0 bridgehead atoms. The number of aromatic nitrogens is 1. The van der Waals surface area contributed by atoms with Gasteiger partial charge in [0.25, 0.3) is 0 Å². The number of aryl methyl sites for hydroxylation is 2. The van der Waals surface area contributed by atoms with Crippen LogP contribution in [0.5, 0.6) is 0 Å². The molecule has 7 nitrogen and oxygen atoms in total. The van der Waals surface area contributed by atoms with Crippen LogP contribution in [0.1, 0.15) is 76.0 Å². The van der Waals surface area contributed by atoms with Crippen molar-refractivity contribution in [1.82, 2.24) is 9.71 Å². The number of carboxylic acid groups (broad SMARTS) is 1. The summed E-state index contributed by atoms with van der Waals surface area (Å²) in [5.41, 5.74) is 2.42. The first-order chi connectivity index (χ1) is 13.9. The van der Waals surface area contributed by atoms with Crippen LogP contribution in [0.4, 0.5) is 5.82 Å². The van der Waals surface area contributed by atoms with Crippen molar-refractivity contribution >= 4 is 34.2 Å². The average molecular weight is 462 g/mol. The Morgan fingerprint density at radius 2 is 1.93 bits per heavy atom. The molecule has 0 aromatic carbocycles. The second-order valence-electron chi connectivity index (χ2n) is 7.83. The lowest BCUT2D eigenvalue weighted by Crippen LogP contribution is -2.41. The highest BCUT2D eigenvalue weighted by molar-refractivity contribution is 7.89. The zero-order valence-electron chi connectivity index (χ0n) is 17.9. The van der Waals surface area contributed by atoms with Gasteiger partial charge in [-0.3, -0.25) is 4.79 Å². The fraction of sp³-hybridized carbons (Fsp3) is 0.714. The molecular formula is C21H36ClN3O4S. The van der Waals surface area contributed by atoms with Gasteiger partial charge < -0.3 is 10.4 Å². The SMILES string of the molecule is CCCCS(=O)(=O)NC(CCCCCCCc1ccc2c(n1)NCCC2)C(=O)O.Cl. The number of carbonyl (C=O) groups is 1. The Kier molecular flexibility index (Phi) is 12.3. The number of carboxylic acids is 1. The maximum absolute atomic E-state index is 11.9. The molecule has 0 radical (unpaired) electrons. The fourth-order valence-corrected chi connectivity index (χ4v) is 4.97. The highest BCUT2D eigenvalue weighted by Gasteiger charge is 2.23. The molecule has 1 aliphatic rings. The van der Waals surface area contributed by atoms with E-state index in [9.17, 15) is 18.3 Å². The van der Waals surface area contributed by atoms with Crippen LogP contribution in [0.15, 0.2) is 12.1 Å². The predicted molar refractivity (Wildman–Crippen MR) is 123 cm³/mol. The first-order valence-electron chi connectivity index (χ1n) is 10.9. The number of halogens is 1. The van der Waals surface area contributed by atoms with Crippen LogP contribution in [-0.2, 0) is 27.7 Å². The summed E-state index contributed by atoms with van der Waals surface area (Å²) >= 11 is 0. The van der Waals surface area contributed by atoms with E-state index in [4.69, 9.17) is 4.98 Å². The van der Waals surface area contributed by atoms with E-state index in [0.717, 1.165) is 69.4 Å². The minimum absolute atomic E-state index is 0. The fourth-order valence-electron chi connectivity index (χ4n) is 3.54. The molecule has 1 aliphatic heterocycles. The molecule has 1 aromatic rings. The van der Waals surface area contributed by atoms with Gasteiger partial charge in [0.15, 0.2) is 0 Å². The Morgan fingerprint density at radius 3 is 2.67 bits per heavy atom. The van der Waals surface area contributed by atoms with E-state index >= 15 is 0 Å². The number of rotatable bonds is 14. The van der Waals surface area contributed by atoms with Crippen LogP contribution < -0.4 is 10.0 Å². The molecule has 0 spiro atoms. The number of anilines is 1. The number of sulfonamides is 1. The van der Waals surface area contributed by atoms with Gasteiger partial charge in [-0.2, -0.15) is 0 Å². The first kappa shape index (κ1) is 26.7. The minimum Gasteiger partial charge on any atom is -0.480 e. The van der Waals surface area contributed by atoms with E-state index in [2.05, 4.69) is 22.2 Å². The largest absolute Gasteiger partial charge is 0.480 e. The highest BCUT2D eigenvalue weighted by Crippen LogP contribution is 2.20. The summed E-state index contributed by atoms with van der Waals surface area (Å²) in [5.74, 6) is -0.0773. The van der Waals surface area contributed by atoms with Crippen molar-refractivity contribution in [1.29, 1.82) is 0 Å². The molecule has 2 heterocycles. The van der Waals surface area contributed by atoms with Crippen molar-refractivity contribution < 1.29 is 18.3 Å². The molecule has 172 valence electrons. The smallest absolute Gasteiger partial charge is 0.321 e. The molecule has 0 saturated heterocycles. The molecule has 9 heteroatoms. The van der Waals surface area contributed by atoms with Crippen molar-refractivity contribution in [3.05, 3.63) is 23.4 Å². The van der Waals surface area contributed by atoms with Crippen LogP contribution in [-0.4, -0.2) is 42.8 Å². The number of hydrogen-bond donors (Lipinski definition) is 3. The summed E-state index contributed by atoms with van der Waals surface area (Å²) in [5, 5.41) is 12.6. The zero-order valence-corrected chi connectivity index (χ0v) is 19.5. The number of aliphatic carboxylic acids is 1. The topological polar surface area (TPSA) is 108 Å². The monoisotopic (exact) mass is 461 g/mol. The molecule has 0 saturated carbocycles. The zero-order chi connectivity index (χ0) is 21.1. The molecule has 1 atom stereocenters. The Labute approximate surface area is 186 Å². The molecule has 0 amide bonds. The average Bonchev–Trinajstić information content (AvgIpc) is 2.70. The molecular weight excluding hydrogens is 426 g/mol. The van der Waals surface area contributed by atoms with Crippen molar-refractivity contribution in [2.24, 2.45) is 0 Å². The lowest BCUT2D eigenvalue weighted by atomic mass is 10.0. The third-order valence-corrected chi connectivity index (χ3v) is 6.73. The minimum atomic E-state index is -3.52. The molecule has 3 N–H and O–H groups in total. The van der Waals surface area contributed by atoms with Gasteiger partial charge in [0.1, 0.15) is 11.9 Å². The van der Waals surface area contributed by atoms with E-state index in [1.807, 2.05) is 6.92 Å². The number of nitrogens with one attached hydrogen (secondary N) is 2. The molecule has 0 aliphatic carbocycles. The Morgan fingerprint density at radius 1 is 1.20 bits per heavy atom. The van der Waals surface area contributed by atoms with E-state index in [1.165, 1.54) is 5.56 Å². The Hall–Kier alpha value is -1.38. The number of hydrogen-bond acceptors (Lipinski definition) is 5. The molecule has 2 rings (SSSR count). The first-order valence-corrected chi connectivity index (χ1v) is 12.5. The summed E-state index contributed by atoms with van der Waals surface area (Å²) in [7, 11) is -3.52. The van der Waals surface area contributed by atoms with Gasteiger partial charge in [-0.25, -0.2) is 18.1 Å². The van der Waals surface area contributed by atoms with Crippen LogP contribution in [0, 0.1) is 0 Å². The van der Waals surface area contributed by atoms with Gasteiger partial charge in [0.05, 0.1) is 5.75 Å². The summed E-state index contributed by atoms with van der Waals surface area (Å²) in [6.07, 6.45) is 9.57. The van der Waals surface area contributed by atoms with E-state index < -0.39 is 22.0 Å². The number of fused-ring (bicyclic) bond motifs is 1. The van der Waals surface area contributed by atoms with Crippen LogP contribution in [0.25, 0.3) is 0 Å². The summed E-state index contributed by atoms with van der Waals surface area (Å²) in [4.78, 5) is 16.0. The van der Waals surface area contributed by atoms with Crippen LogP contribution >= 0.6 is 12.4 Å². The standard InChI is InChI=1S/C21H35N3O4S.ClH/c1-2-3-16-29(27,28)24-19(21(25)26)12-8-6-4-5-7-11-18-14-13-17-10-9-15-22-20(17)23-18;/h13-14,19,24H,2-12,15-16H2,1H3,(H,22,23)(H,25,26);1H. The third-order valence-electron chi connectivity index (χ3n) is 5.26. The molecule has 1 unspecified atom stereocenters. The molecule has 30 heavy (non-hydrogen) atoms. The predicted octanol–water partition coefficient (Wildman–Crippen LogP) is 3.92. The van der Waals surface area contributed by atoms with E-state index in [1.54, 1.807) is 0 Å². The van der Waals surface area contributed by atoms with Crippen LogP contribution in [0.2, 0.25) is 0 Å². The van der Waals surface area contributed by atoms with Crippen molar-refractivity contribution in [3.63, 3.8) is 0 Å². The Bertz CT molecular complexity index is 759. The number of nitrogens with zero attached hydrogens (tertiary/aromatic N) is 1. The molecule has 0 fully saturated rings. The maximum Gasteiger partial charge on any atom is 0.321 e. The van der Waals surface area contributed by atoms with Gasteiger partial charge in [-0.1, -0.05) is 45.1 Å². The quantitative estimate of drug-likeness (QED) is 0.362.